The zero-order valence-electron chi connectivity index (χ0n) is 11.3. The Bertz CT molecular complexity index is 649. The number of carboxylic acids is 1. The van der Waals surface area contributed by atoms with Crippen molar-refractivity contribution in [2.75, 3.05) is 6.54 Å². The first kappa shape index (κ1) is 15.1. The number of carboxylic acid groups (broad SMARTS) is 1. The summed E-state index contributed by atoms with van der Waals surface area (Å²) in [5.74, 6) is -1.77. The third-order valence-corrected chi connectivity index (χ3v) is 3.63. The number of hydrogen-bond donors (Lipinski definition) is 1. The summed E-state index contributed by atoms with van der Waals surface area (Å²) in [6.07, 6.45) is 3.48. The quantitative estimate of drug-likeness (QED) is 0.866. The molecule has 0 spiro atoms. The predicted octanol–water partition coefficient (Wildman–Crippen LogP) is 2.75. The van der Waals surface area contributed by atoms with Crippen molar-refractivity contribution in [2.45, 2.75) is 6.92 Å². The number of carbonyl (C=O) groups excluding carboxylic acids is 2. The number of hydrogen-bond acceptors (Lipinski definition) is 4. The maximum absolute atomic E-state index is 12.0. The molecule has 5 nitrogen and oxygen atoms in total. The van der Waals surface area contributed by atoms with E-state index in [0.717, 1.165) is 27.8 Å². The molecule has 0 aromatic heterocycles. The first-order valence-electron chi connectivity index (χ1n) is 6.18. The summed E-state index contributed by atoms with van der Waals surface area (Å²) in [5, 5.41) is 8.13. The fourth-order valence-corrected chi connectivity index (χ4v) is 2.72. The largest absolute Gasteiger partial charge is 0.480 e. The molecule has 1 aromatic rings. The highest BCUT2D eigenvalue weighted by atomic mass is 32.2. The van der Waals surface area contributed by atoms with Gasteiger partial charge in [0.15, 0.2) is 0 Å². The summed E-state index contributed by atoms with van der Waals surface area (Å²) in [7, 11) is 0. The highest BCUT2D eigenvalue weighted by molar-refractivity contribution is 8.18. The number of nitrogens with zero attached hydrogens (tertiary/aromatic N) is 1. The maximum Gasteiger partial charge on any atom is 0.323 e. The molecule has 1 N–H and O–H groups in total. The van der Waals surface area contributed by atoms with Crippen LogP contribution in [-0.2, 0) is 9.59 Å². The standard InChI is InChI=1S/C15H13NO4S/c1-10(7-11-5-3-2-4-6-11)8-12-14(19)16(9-13(17)18)15(20)21-12/h2-8H,9H2,1H3,(H,17,18)/b10-7?,12-8-. The Hall–Kier alpha value is -2.34. The van der Waals surface area contributed by atoms with Gasteiger partial charge in [0.2, 0.25) is 0 Å². The molecule has 1 heterocycles. The lowest BCUT2D eigenvalue weighted by Crippen LogP contribution is -2.33. The van der Waals surface area contributed by atoms with Gasteiger partial charge in [0.25, 0.3) is 11.1 Å². The summed E-state index contributed by atoms with van der Waals surface area (Å²) >= 11 is 0.757. The van der Waals surface area contributed by atoms with E-state index in [1.807, 2.05) is 43.3 Å². The van der Waals surface area contributed by atoms with Crippen LogP contribution in [0, 0.1) is 0 Å². The van der Waals surface area contributed by atoms with Crippen LogP contribution in [0.3, 0.4) is 0 Å². The molecule has 108 valence electrons. The molecule has 0 atom stereocenters. The second kappa shape index (κ2) is 6.41. The van der Waals surface area contributed by atoms with Crippen molar-refractivity contribution in [2.24, 2.45) is 0 Å². The number of aliphatic carboxylic acids is 1. The zero-order valence-corrected chi connectivity index (χ0v) is 12.1. The van der Waals surface area contributed by atoms with Gasteiger partial charge in [-0.25, -0.2) is 0 Å². The van der Waals surface area contributed by atoms with Crippen LogP contribution in [0.15, 0.2) is 46.9 Å². The van der Waals surface area contributed by atoms with Crippen LogP contribution in [0.1, 0.15) is 12.5 Å². The Morgan fingerprint density at radius 3 is 2.57 bits per heavy atom. The van der Waals surface area contributed by atoms with Crippen molar-refractivity contribution in [1.29, 1.82) is 0 Å². The first-order chi connectivity index (χ1) is 9.97. The number of rotatable bonds is 4. The van der Waals surface area contributed by atoms with Crippen LogP contribution in [0.25, 0.3) is 6.08 Å². The van der Waals surface area contributed by atoms with Crippen molar-refractivity contribution < 1.29 is 19.5 Å². The van der Waals surface area contributed by atoms with Crippen molar-refractivity contribution >= 4 is 35.0 Å². The topological polar surface area (TPSA) is 74.7 Å². The van der Waals surface area contributed by atoms with Gasteiger partial charge in [-0.3, -0.25) is 19.3 Å². The Kier molecular flexibility index (Phi) is 4.59. The Morgan fingerprint density at radius 2 is 1.95 bits per heavy atom. The minimum atomic E-state index is -1.21. The van der Waals surface area contributed by atoms with E-state index in [4.69, 9.17) is 5.11 Å². The normalized spacial score (nSPS) is 17.7. The van der Waals surface area contributed by atoms with E-state index in [9.17, 15) is 14.4 Å². The molecule has 21 heavy (non-hydrogen) atoms. The fraction of sp³-hybridized carbons (Fsp3) is 0.133. The Labute approximate surface area is 125 Å². The van der Waals surface area contributed by atoms with Crippen molar-refractivity contribution in [3.05, 3.63) is 52.4 Å². The van der Waals surface area contributed by atoms with Crippen molar-refractivity contribution in [1.82, 2.24) is 4.90 Å². The van der Waals surface area contributed by atoms with Crippen molar-refractivity contribution in [3.63, 3.8) is 0 Å². The molecule has 0 bridgehead atoms. The van der Waals surface area contributed by atoms with Gasteiger partial charge < -0.3 is 5.11 Å². The van der Waals surface area contributed by atoms with Crippen LogP contribution in [0.2, 0.25) is 0 Å². The Balaban J connectivity index is 2.18. The highest BCUT2D eigenvalue weighted by Gasteiger charge is 2.36. The van der Waals surface area contributed by atoms with Gasteiger partial charge in [0.05, 0.1) is 4.91 Å². The number of allylic oxidation sites excluding steroid dienone is 2. The lowest BCUT2D eigenvalue weighted by Gasteiger charge is -2.07. The van der Waals surface area contributed by atoms with Crippen LogP contribution in [0.4, 0.5) is 4.79 Å². The molecule has 1 saturated heterocycles. The average molecular weight is 303 g/mol. The number of imide groups is 1. The molecule has 1 aliphatic rings. The minimum Gasteiger partial charge on any atom is -0.480 e. The minimum absolute atomic E-state index is 0.242. The molecular formula is C15H13NO4S. The van der Waals surface area contributed by atoms with E-state index in [-0.39, 0.29) is 4.91 Å². The molecule has 0 radical (unpaired) electrons. The number of thioether (sulfide) groups is 1. The second-order valence-corrected chi connectivity index (χ2v) is 5.45. The van der Waals surface area contributed by atoms with Gasteiger partial charge >= 0.3 is 5.97 Å². The summed E-state index contributed by atoms with van der Waals surface area (Å²) in [6.45, 7) is 1.21. The second-order valence-electron chi connectivity index (χ2n) is 4.46. The average Bonchev–Trinajstić information content (AvgIpc) is 2.67. The monoisotopic (exact) mass is 303 g/mol. The van der Waals surface area contributed by atoms with E-state index >= 15 is 0 Å². The SMILES string of the molecule is CC(=Cc1ccccc1)/C=C1\SC(=O)N(CC(=O)O)C1=O. The lowest BCUT2D eigenvalue weighted by atomic mass is 10.1. The van der Waals surface area contributed by atoms with E-state index in [1.165, 1.54) is 0 Å². The molecule has 0 unspecified atom stereocenters. The maximum atomic E-state index is 12.0. The number of carbonyl (C=O) groups is 3. The van der Waals surface area contributed by atoms with Gasteiger partial charge in [-0.2, -0.15) is 0 Å². The van der Waals surface area contributed by atoms with Gasteiger partial charge in [-0.1, -0.05) is 36.4 Å². The molecule has 1 fully saturated rings. The molecular weight excluding hydrogens is 290 g/mol. The first-order valence-corrected chi connectivity index (χ1v) is 6.99. The van der Waals surface area contributed by atoms with E-state index in [0.29, 0.717) is 0 Å². The molecule has 2 rings (SSSR count). The van der Waals surface area contributed by atoms with Crippen LogP contribution < -0.4 is 0 Å². The van der Waals surface area contributed by atoms with Gasteiger partial charge in [0, 0.05) is 0 Å². The van der Waals surface area contributed by atoms with E-state index in [1.54, 1.807) is 6.08 Å². The summed E-state index contributed by atoms with van der Waals surface area (Å²) in [4.78, 5) is 35.2. The highest BCUT2D eigenvalue weighted by Crippen LogP contribution is 2.31. The third-order valence-electron chi connectivity index (χ3n) is 2.72. The van der Waals surface area contributed by atoms with Crippen molar-refractivity contribution in [3.8, 4) is 0 Å². The molecule has 2 amide bonds. The fourth-order valence-electron chi connectivity index (χ4n) is 1.83. The molecule has 1 aromatic carbocycles. The number of benzene rings is 1. The Morgan fingerprint density at radius 1 is 1.29 bits per heavy atom. The smallest absolute Gasteiger partial charge is 0.323 e. The van der Waals surface area contributed by atoms with Gasteiger partial charge in [-0.15, -0.1) is 0 Å². The van der Waals surface area contributed by atoms with Crippen LogP contribution >= 0.6 is 11.8 Å². The van der Waals surface area contributed by atoms with E-state index in [2.05, 4.69) is 0 Å². The molecule has 0 aliphatic carbocycles. The summed E-state index contributed by atoms with van der Waals surface area (Å²) in [5.41, 5.74) is 1.79. The van der Waals surface area contributed by atoms with Gasteiger partial charge in [-0.05, 0) is 35.9 Å². The lowest BCUT2D eigenvalue weighted by molar-refractivity contribution is -0.140. The van der Waals surface area contributed by atoms with Gasteiger partial charge in [0.1, 0.15) is 6.54 Å². The summed E-state index contributed by atoms with van der Waals surface area (Å²) < 4.78 is 0. The zero-order chi connectivity index (χ0) is 15.4. The third kappa shape index (κ3) is 3.82. The van der Waals surface area contributed by atoms with Crippen LogP contribution in [0.5, 0.6) is 0 Å². The summed E-state index contributed by atoms with van der Waals surface area (Å²) in [6, 6.07) is 9.56. The number of amides is 2. The predicted molar refractivity (Wildman–Crippen MR) is 80.5 cm³/mol. The molecule has 0 saturated carbocycles. The van der Waals surface area contributed by atoms with E-state index < -0.39 is 23.7 Å². The molecule has 1 aliphatic heterocycles. The molecule has 6 heteroatoms. The van der Waals surface area contributed by atoms with Crippen LogP contribution in [-0.4, -0.2) is 33.7 Å².